The van der Waals surface area contributed by atoms with Gasteiger partial charge in [-0.3, -0.25) is 0 Å². The fraction of sp³-hybridized carbons (Fsp3) is 0.727. The third kappa shape index (κ3) is 14.7. The summed E-state index contributed by atoms with van der Waals surface area (Å²) in [7, 11) is 0. The normalized spacial score (nSPS) is 10.1. The minimum absolute atomic E-state index is 0. The molecule has 0 saturated carbocycles. The summed E-state index contributed by atoms with van der Waals surface area (Å²) in [6.07, 6.45) is 11.1. The van der Waals surface area contributed by atoms with Crippen LogP contribution in [0.15, 0.2) is 12.2 Å². The Morgan fingerprint density at radius 2 is 1.71 bits per heavy atom. The molecule has 0 amide bonds. The van der Waals surface area contributed by atoms with E-state index in [1.165, 1.54) is 32.1 Å². The van der Waals surface area contributed by atoms with E-state index in [1.54, 1.807) is 6.08 Å². The van der Waals surface area contributed by atoms with Gasteiger partial charge < -0.3 is 9.90 Å². The van der Waals surface area contributed by atoms with Gasteiger partial charge in [-0.1, -0.05) is 45.1 Å². The molecule has 0 fully saturated rings. The maximum Gasteiger partial charge on any atom is 1.00 e. The quantitative estimate of drug-likeness (QED) is 0.292. The molecule has 0 spiro atoms. The summed E-state index contributed by atoms with van der Waals surface area (Å²) in [5, 5.41) is 9.98. The van der Waals surface area contributed by atoms with Crippen molar-refractivity contribution in [2.75, 3.05) is 0 Å². The average molecular weight is 206 g/mol. The third-order valence-electron chi connectivity index (χ3n) is 1.98. The Kier molecular flexibility index (Phi) is 15.7. The number of carboxylic acid groups (broad SMARTS) is 1. The summed E-state index contributed by atoms with van der Waals surface area (Å²) in [6, 6.07) is 0. The summed E-state index contributed by atoms with van der Waals surface area (Å²) in [5.74, 6) is -1.09. The molecule has 0 heterocycles. The Morgan fingerprint density at radius 1 is 1.14 bits per heavy atom. The van der Waals surface area contributed by atoms with Gasteiger partial charge in [-0.05, 0) is 18.9 Å². The zero-order valence-electron chi connectivity index (χ0n) is 9.42. The van der Waals surface area contributed by atoms with Gasteiger partial charge in [0.2, 0.25) is 0 Å². The first kappa shape index (κ1) is 16.6. The van der Waals surface area contributed by atoms with Crippen molar-refractivity contribution >= 4 is 5.97 Å². The van der Waals surface area contributed by atoms with Gasteiger partial charge in [-0.2, -0.15) is 0 Å². The first-order valence-corrected chi connectivity index (χ1v) is 5.15. The van der Waals surface area contributed by atoms with Crippen LogP contribution >= 0.6 is 0 Å². The molecule has 76 valence electrons. The molecule has 0 aromatic carbocycles. The molecule has 3 heteroatoms. The Balaban J connectivity index is 0. The molecule has 0 aliphatic rings. The maximum atomic E-state index is 9.98. The summed E-state index contributed by atoms with van der Waals surface area (Å²) in [4.78, 5) is 9.98. The molecule has 0 aliphatic heterocycles. The van der Waals surface area contributed by atoms with Crippen molar-refractivity contribution < 1.29 is 39.5 Å². The molecular weight excluding hydrogens is 187 g/mol. The smallest absolute Gasteiger partial charge is 0.545 e. The van der Waals surface area contributed by atoms with Gasteiger partial charge in [0.25, 0.3) is 0 Å². The Morgan fingerprint density at radius 3 is 2.29 bits per heavy atom. The largest absolute Gasteiger partial charge is 1.00 e. The van der Waals surface area contributed by atoms with Crippen LogP contribution in [0.1, 0.15) is 51.9 Å². The number of aliphatic carboxylic acids is 1. The monoisotopic (exact) mass is 206 g/mol. The van der Waals surface area contributed by atoms with Gasteiger partial charge >= 0.3 is 29.6 Å². The van der Waals surface area contributed by atoms with Gasteiger partial charge in [0.15, 0.2) is 0 Å². The molecule has 0 rings (SSSR count). The summed E-state index contributed by atoms with van der Waals surface area (Å²) in [5.41, 5.74) is 0. The minimum atomic E-state index is -1.09. The van der Waals surface area contributed by atoms with Crippen LogP contribution in [-0.2, 0) is 4.79 Å². The minimum Gasteiger partial charge on any atom is -0.545 e. The summed E-state index contributed by atoms with van der Waals surface area (Å²) < 4.78 is 0. The van der Waals surface area contributed by atoms with E-state index in [4.69, 9.17) is 0 Å². The Labute approximate surface area is 109 Å². The fourth-order valence-electron chi connectivity index (χ4n) is 1.22. The molecule has 0 aliphatic carbocycles. The second-order valence-electron chi connectivity index (χ2n) is 3.28. The fourth-order valence-corrected chi connectivity index (χ4v) is 1.22. The molecular formula is C11H19NaO2. The van der Waals surface area contributed by atoms with Crippen LogP contribution in [0.4, 0.5) is 0 Å². The first-order valence-electron chi connectivity index (χ1n) is 5.15. The molecule has 0 N–H and O–H groups in total. The summed E-state index contributed by atoms with van der Waals surface area (Å²) in [6.45, 7) is 2.20. The number of carboxylic acids is 1. The molecule has 0 atom stereocenters. The van der Waals surface area contributed by atoms with Crippen LogP contribution in [0.5, 0.6) is 0 Å². The predicted octanol–water partition coefficient (Wildman–Crippen LogP) is -0.953. The zero-order valence-corrected chi connectivity index (χ0v) is 11.4. The number of carbonyl (C=O) groups is 1. The predicted molar refractivity (Wildman–Crippen MR) is 52.1 cm³/mol. The number of rotatable bonds is 8. The van der Waals surface area contributed by atoms with E-state index in [2.05, 4.69) is 6.92 Å². The third-order valence-corrected chi connectivity index (χ3v) is 1.98. The topological polar surface area (TPSA) is 40.1 Å². The SMILES string of the molecule is CCCCCCCCC=CC(=O)[O-].[Na+]. The average Bonchev–Trinajstić information content (AvgIpc) is 2.09. The number of unbranched alkanes of at least 4 members (excludes halogenated alkanes) is 6. The number of carbonyl (C=O) groups excluding carboxylic acids is 1. The zero-order chi connectivity index (χ0) is 9.94. The van der Waals surface area contributed by atoms with E-state index in [0.29, 0.717) is 0 Å². The van der Waals surface area contributed by atoms with Crippen LogP contribution in [0.3, 0.4) is 0 Å². The van der Waals surface area contributed by atoms with Crippen LogP contribution in [0.25, 0.3) is 0 Å². The van der Waals surface area contributed by atoms with Crippen LogP contribution in [0.2, 0.25) is 0 Å². The second kappa shape index (κ2) is 13.2. The van der Waals surface area contributed by atoms with E-state index >= 15 is 0 Å². The van der Waals surface area contributed by atoms with Crippen molar-refractivity contribution in [3.63, 3.8) is 0 Å². The van der Waals surface area contributed by atoms with Crippen molar-refractivity contribution in [1.29, 1.82) is 0 Å². The van der Waals surface area contributed by atoms with E-state index in [1.807, 2.05) is 0 Å². The van der Waals surface area contributed by atoms with Crippen molar-refractivity contribution in [1.82, 2.24) is 0 Å². The van der Waals surface area contributed by atoms with Gasteiger partial charge in [-0.25, -0.2) is 0 Å². The standard InChI is InChI=1S/C11H20O2.Na/c1-2-3-4-5-6-7-8-9-10-11(12)13;/h9-10H,2-8H2,1H3,(H,12,13);/q;+1/p-1. The van der Waals surface area contributed by atoms with E-state index in [0.717, 1.165) is 18.9 Å². The van der Waals surface area contributed by atoms with E-state index < -0.39 is 5.97 Å². The maximum absolute atomic E-state index is 9.98. The van der Waals surface area contributed by atoms with Gasteiger partial charge in [0.05, 0.1) is 5.97 Å². The molecule has 0 saturated heterocycles. The number of allylic oxidation sites excluding steroid dienone is 1. The Bertz CT molecular complexity index is 155. The molecule has 2 nitrogen and oxygen atoms in total. The molecule has 0 bridgehead atoms. The van der Waals surface area contributed by atoms with Crippen LogP contribution < -0.4 is 34.7 Å². The van der Waals surface area contributed by atoms with Crippen molar-refractivity contribution in [2.24, 2.45) is 0 Å². The van der Waals surface area contributed by atoms with Crippen molar-refractivity contribution in [3.8, 4) is 0 Å². The van der Waals surface area contributed by atoms with Crippen molar-refractivity contribution in [3.05, 3.63) is 12.2 Å². The molecule has 0 aromatic rings. The molecule has 0 unspecified atom stereocenters. The van der Waals surface area contributed by atoms with Crippen LogP contribution in [-0.4, -0.2) is 5.97 Å². The Hall–Kier alpha value is 0.210. The van der Waals surface area contributed by atoms with E-state index in [9.17, 15) is 9.90 Å². The second-order valence-corrected chi connectivity index (χ2v) is 3.28. The van der Waals surface area contributed by atoms with E-state index in [-0.39, 0.29) is 29.6 Å². The van der Waals surface area contributed by atoms with Gasteiger partial charge in [0, 0.05) is 0 Å². The number of hydrogen-bond acceptors (Lipinski definition) is 2. The van der Waals surface area contributed by atoms with Crippen molar-refractivity contribution in [2.45, 2.75) is 51.9 Å². The summed E-state index contributed by atoms with van der Waals surface area (Å²) >= 11 is 0. The molecule has 14 heavy (non-hydrogen) atoms. The molecule has 0 radical (unpaired) electrons. The number of hydrogen-bond donors (Lipinski definition) is 0. The molecule has 0 aromatic heterocycles. The van der Waals surface area contributed by atoms with Gasteiger partial charge in [0.1, 0.15) is 0 Å². The van der Waals surface area contributed by atoms with Gasteiger partial charge in [-0.15, -0.1) is 0 Å². The van der Waals surface area contributed by atoms with Crippen LogP contribution in [0, 0.1) is 0 Å². The first-order chi connectivity index (χ1) is 6.27.